The molecule has 0 unspecified atom stereocenters. The molecular weight excluding hydrogens is 396 g/mol. The first kappa shape index (κ1) is 18.4. The normalized spacial score (nSPS) is 10.0. The number of hydrogen-bond donors (Lipinski definition) is 1. The predicted molar refractivity (Wildman–Crippen MR) is 93.3 cm³/mol. The molecule has 0 aromatic heterocycles. The van der Waals surface area contributed by atoms with Gasteiger partial charge in [0.25, 0.3) is 11.6 Å². The number of ether oxygens (including phenoxy) is 2. The summed E-state index contributed by atoms with van der Waals surface area (Å²) in [5.74, 6) is -0.0873. The quantitative estimate of drug-likeness (QED) is 0.428. The van der Waals surface area contributed by atoms with E-state index in [2.05, 4.69) is 21.2 Å². The maximum atomic E-state index is 12.0. The maximum absolute atomic E-state index is 12.0. The van der Waals surface area contributed by atoms with Gasteiger partial charge >= 0.3 is 0 Å². The summed E-state index contributed by atoms with van der Waals surface area (Å²) in [6.45, 7) is -0.345. The molecule has 0 heterocycles. The smallest absolute Gasteiger partial charge is 0.273 e. The molecule has 0 fully saturated rings. The summed E-state index contributed by atoms with van der Waals surface area (Å²) in [7, 11) is 1.34. The van der Waals surface area contributed by atoms with Crippen molar-refractivity contribution < 1.29 is 24.0 Å². The largest absolute Gasteiger partial charge is 0.494 e. The second-order valence-electron chi connectivity index (χ2n) is 4.78. The van der Waals surface area contributed by atoms with Gasteiger partial charge in [-0.3, -0.25) is 19.7 Å². The number of benzene rings is 2. The zero-order valence-electron chi connectivity index (χ0n) is 13.0. The average molecular weight is 409 g/mol. The first-order valence-electron chi connectivity index (χ1n) is 6.94. The fourth-order valence-electron chi connectivity index (χ4n) is 1.97. The highest BCUT2D eigenvalue weighted by Crippen LogP contribution is 2.29. The molecule has 0 atom stereocenters. The topological polar surface area (TPSA) is 108 Å². The molecule has 0 aliphatic carbocycles. The number of carbonyl (C=O) groups is 2. The number of methoxy groups -OCH3 is 1. The number of halogens is 1. The van der Waals surface area contributed by atoms with E-state index in [1.807, 2.05) is 0 Å². The average Bonchev–Trinajstić information content (AvgIpc) is 2.60. The number of hydrogen-bond acceptors (Lipinski definition) is 6. The van der Waals surface area contributed by atoms with Crippen LogP contribution in [0.5, 0.6) is 11.5 Å². The minimum atomic E-state index is -0.564. The van der Waals surface area contributed by atoms with Crippen LogP contribution in [-0.4, -0.2) is 30.8 Å². The summed E-state index contributed by atoms with van der Waals surface area (Å²) < 4.78 is 11.1. The lowest BCUT2D eigenvalue weighted by Gasteiger charge is -2.11. The second-order valence-corrected chi connectivity index (χ2v) is 5.69. The SMILES string of the molecule is COc1cc([N+](=O)[O-])ccc1NC(=O)COc1ccc(Br)cc1C=O. The monoisotopic (exact) mass is 408 g/mol. The van der Waals surface area contributed by atoms with E-state index < -0.39 is 10.8 Å². The maximum Gasteiger partial charge on any atom is 0.273 e. The first-order chi connectivity index (χ1) is 11.9. The molecule has 9 heteroatoms. The number of nitro benzene ring substituents is 1. The summed E-state index contributed by atoms with van der Waals surface area (Å²) in [5, 5.41) is 13.3. The van der Waals surface area contributed by atoms with Crippen LogP contribution in [0.2, 0.25) is 0 Å². The predicted octanol–water partition coefficient (Wildman–Crippen LogP) is 3.20. The Balaban J connectivity index is 2.06. The van der Waals surface area contributed by atoms with Crippen LogP contribution >= 0.6 is 15.9 Å². The van der Waals surface area contributed by atoms with Crippen molar-refractivity contribution in [3.05, 3.63) is 56.5 Å². The third-order valence-corrected chi connectivity index (χ3v) is 3.62. The lowest BCUT2D eigenvalue weighted by atomic mass is 10.2. The second kappa shape index (κ2) is 8.25. The Hall–Kier alpha value is -2.94. The molecule has 2 rings (SSSR count). The lowest BCUT2D eigenvalue weighted by molar-refractivity contribution is -0.384. The highest BCUT2D eigenvalue weighted by atomic mass is 79.9. The Morgan fingerprint density at radius 1 is 1.28 bits per heavy atom. The van der Waals surface area contributed by atoms with E-state index in [-0.39, 0.29) is 29.5 Å². The van der Waals surface area contributed by atoms with E-state index in [4.69, 9.17) is 9.47 Å². The molecule has 0 saturated heterocycles. The van der Waals surface area contributed by atoms with Crippen LogP contribution < -0.4 is 14.8 Å². The number of nitrogens with zero attached hydrogens (tertiary/aromatic N) is 1. The van der Waals surface area contributed by atoms with Gasteiger partial charge in [-0.15, -0.1) is 0 Å². The minimum Gasteiger partial charge on any atom is -0.494 e. The third kappa shape index (κ3) is 4.77. The molecule has 130 valence electrons. The van der Waals surface area contributed by atoms with Crippen molar-refractivity contribution in [2.45, 2.75) is 0 Å². The number of nitro groups is 1. The number of amides is 1. The van der Waals surface area contributed by atoms with Crippen molar-refractivity contribution >= 4 is 39.5 Å². The van der Waals surface area contributed by atoms with Crippen molar-refractivity contribution in [1.82, 2.24) is 0 Å². The van der Waals surface area contributed by atoms with Crippen molar-refractivity contribution in [3.63, 3.8) is 0 Å². The van der Waals surface area contributed by atoms with E-state index in [1.165, 1.54) is 25.3 Å². The van der Waals surface area contributed by atoms with Crippen LogP contribution in [0.3, 0.4) is 0 Å². The van der Waals surface area contributed by atoms with E-state index in [1.54, 1.807) is 18.2 Å². The fourth-order valence-corrected chi connectivity index (χ4v) is 2.35. The Morgan fingerprint density at radius 2 is 2.04 bits per heavy atom. The molecule has 8 nitrogen and oxygen atoms in total. The molecule has 25 heavy (non-hydrogen) atoms. The summed E-state index contributed by atoms with van der Waals surface area (Å²) in [6.07, 6.45) is 0.622. The van der Waals surface area contributed by atoms with Gasteiger partial charge in [-0.05, 0) is 24.3 Å². The minimum absolute atomic E-state index is 0.153. The molecule has 0 aliphatic heterocycles. The molecule has 0 aliphatic rings. The zero-order chi connectivity index (χ0) is 18.4. The summed E-state index contributed by atoms with van der Waals surface area (Å²) >= 11 is 3.24. The van der Waals surface area contributed by atoms with Crippen LogP contribution in [0, 0.1) is 10.1 Å². The summed E-state index contributed by atoms with van der Waals surface area (Å²) in [6, 6.07) is 8.63. The third-order valence-electron chi connectivity index (χ3n) is 3.13. The van der Waals surface area contributed by atoms with Crippen molar-refractivity contribution in [1.29, 1.82) is 0 Å². The summed E-state index contributed by atoms with van der Waals surface area (Å²) in [4.78, 5) is 33.2. The van der Waals surface area contributed by atoms with Gasteiger partial charge in [0.15, 0.2) is 12.9 Å². The number of non-ortho nitro benzene ring substituents is 1. The van der Waals surface area contributed by atoms with Gasteiger partial charge in [-0.1, -0.05) is 15.9 Å². The number of rotatable bonds is 7. The Kier molecular flexibility index (Phi) is 6.07. The van der Waals surface area contributed by atoms with Crippen LogP contribution in [-0.2, 0) is 4.79 Å². The van der Waals surface area contributed by atoms with Gasteiger partial charge in [0, 0.05) is 10.5 Å². The molecule has 0 radical (unpaired) electrons. The number of aldehydes is 1. The van der Waals surface area contributed by atoms with E-state index in [9.17, 15) is 19.7 Å². The molecule has 1 N–H and O–H groups in total. The Morgan fingerprint density at radius 3 is 2.68 bits per heavy atom. The Labute approximate surface area is 151 Å². The van der Waals surface area contributed by atoms with Gasteiger partial charge in [0.2, 0.25) is 0 Å². The number of carbonyl (C=O) groups excluding carboxylic acids is 2. The zero-order valence-corrected chi connectivity index (χ0v) is 14.6. The molecule has 0 saturated carbocycles. The molecule has 0 spiro atoms. The fraction of sp³-hybridized carbons (Fsp3) is 0.125. The Bertz CT molecular complexity index is 824. The summed E-state index contributed by atoms with van der Waals surface area (Å²) in [5.41, 5.74) is 0.416. The molecule has 0 bridgehead atoms. The van der Waals surface area contributed by atoms with Crippen LogP contribution in [0.15, 0.2) is 40.9 Å². The van der Waals surface area contributed by atoms with Crippen molar-refractivity contribution in [2.75, 3.05) is 19.0 Å². The number of anilines is 1. The van der Waals surface area contributed by atoms with Crippen LogP contribution in [0.25, 0.3) is 0 Å². The molecule has 2 aromatic rings. The molecule has 1 amide bonds. The van der Waals surface area contributed by atoms with Gasteiger partial charge in [0.05, 0.1) is 29.4 Å². The van der Waals surface area contributed by atoms with Crippen LogP contribution in [0.4, 0.5) is 11.4 Å². The van der Waals surface area contributed by atoms with Gasteiger partial charge in [0.1, 0.15) is 11.5 Å². The van der Waals surface area contributed by atoms with E-state index in [0.29, 0.717) is 16.3 Å². The van der Waals surface area contributed by atoms with Gasteiger partial charge in [-0.2, -0.15) is 0 Å². The van der Waals surface area contributed by atoms with Crippen molar-refractivity contribution in [2.24, 2.45) is 0 Å². The molecular formula is C16H13BrN2O6. The lowest BCUT2D eigenvalue weighted by Crippen LogP contribution is -2.21. The highest BCUT2D eigenvalue weighted by Gasteiger charge is 2.14. The first-order valence-corrected chi connectivity index (χ1v) is 7.73. The van der Waals surface area contributed by atoms with E-state index >= 15 is 0 Å². The van der Waals surface area contributed by atoms with Gasteiger partial charge < -0.3 is 14.8 Å². The highest BCUT2D eigenvalue weighted by molar-refractivity contribution is 9.10. The number of nitrogens with one attached hydrogen (secondary N) is 1. The van der Waals surface area contributed by atoms with Crippen molar-refractivity contribution in [3.8, 4) is 11.5 Å². The van der Waals surface area contributed by atoms with Gasteiger partial charge in [-0.25, -0.2) is 0 Å². The standard InChI is InChI=1S/C16H13BrN2O6/c1-24-15-7-12(19(22)23)3-4-13(15)18-16(21)9-25-14-5-2-11(17)6-10(14)8-20/h2-8H,9H2,1H3,(H,18,21). The van der Waals surface area contributed by atoms with E-state index in [0.717, 1.165) is 0 Å². The van der Waals surface area contributed by atoms with Crippen LogP contribution in [0.1, 0.15) is 10.4 Å². The molecule has 2 aromatic carbocycles.